The van der Waals surface area contributed by atoms with Crippen molar-refractivity contribution in [2.45, 2.75) is 6.04 Å². The lowest BCUT2D eigenvalue weighted by Crippen LogP contribution is -2.30. The van der Waals surface area contributed by atoms with E-state index in [1.807, 2.05) is 0 Å². The molecular formula is C12H10F3N3. The molecule has 0 aliphatic rings. The minimum atomic E-state index is -1.06. The first-order chi connectivity index (χ1) is 8.65. The van der Waals surface area contributed by atoms with Gasteiger partial charge in [0.2, 0.25) is 0 Å². The number of pyridine rings is 1. The lowest BCUT2D eigenvalue weighted by atomic mass is 9.99. The number of nitrogens with two attached hydrogens (primary N) is 1. The monoisotopic (exact) mass is 253 g/mol. The SMILES string of the molecule is NNC(c1ccncc1F)c1cccc(F)c1F. The van der Waals surface area contributed by atoms with Gasteiger partial charge in [-0.15, -0.1) is 0 Å². The van der Waals surface area contributed by atoms with Crippen LogP contribution in [0.3, 0.4) is 0 Å². The van der Waals surface area contributed by atoms with E-state index in [1.165, 1.54) is 24.4 Å². The highest BCUT2D eigenvalue weighted by molar-refractivity contribution is 5.32. The molecule has 0 amide bonds. The zero-order chi connectivity index (χ0) is 13.1. The van der Waals surface area contributed by atoms with Crippen molar-refractivity contribution in [3.05, 3.63) is 65.2 Å². The zero-order valence-electron chi connectivity index (χ0n) is 9.20. The van der Waals surface area contributed by atoms with Crippen molar-refractivity contribution in [1.82, 2.24) is 10.4 Å². The summed E-state index contributed by atoms with van der Waals surface area (Å²) < 4.78 is 40.4. The van der Waals surface area contributed by atoms with Gasteiger partial charge in [0.05, 0.1) is 12.2 Å². The summed E-state index contributed by atoms with van der Waals surface area (Å²) in [6.45, 7) is 0. The number of benzene rings is 1. The average molecular weight is 253 g/mol. The minimum absolute atomic E-state index is 0.0670. The van der Waals surface area contributed by atoms with E-state index in [2.05, 4.69) is 10.4 Å². The maximum Gasteiger partial charge on any atom is 0.163 e. The fourth-order valence-electron chi connectivity index (χ4n) is 1.71. The molecule has 0 aliphatic carbocycles. The quantitative estimate of drug-likeness (QED) is 0.650. The van der Waals surface area contributed by atoms with Crippen molar-refractivity contribution in [2.75, 3.05) is 0 Å². The van der Waals surface area contributed by atoms with Crippen LogP contribution < -0.4 is 11.3 Å². The van der Waals surface area contributed by atoms with Gasteiger partial charge < -0.3 is 0 Å². The highest BCUT2D eigenvalue weighted by Crippen LogP contribution is 2.26. The van der Waals surface area contributed by atoms with Crippen LogP contribution in [0.4, 0.5) is 13.2 Å². The normalized spacial score (nSPS) is 12.4. The molecule has 1 unspecified atom stereocenters. The van der Waals surface area contributed by atoms with Gasteiger partial charge in [-0.2, -0.15) is 0 Å². The Kier molecular flexibility index (Phi) is 3.59. The Hall–Kier alpha value is -1.92. The molecule has 0 bridgehead atoms. The third-order valence-corrected chi connectivity index (χ3v) is 2.57. The van der Waals surface area contributed by atoms with E-state index in [4.69, 9.17) is 5.84 Å². The van der Waals surface area contributed by atoms with Crippen LogP contribution in [0.1, 0.15) is 17.2 Å². The summed E-state index contributed by atoms with van der Waals surface area (Å²) in [6.07, 6.45) is 2.33. The van der Waals surface area contributed by atoms with Crippen LogP contribution in [-0.4, -0.2) is 4.98 Å². The Balaban J connectivity index is 2.53. The first-order valence-electron chi connectivity index (χ1n) is 5.14. The molecule has 3 N–H and O–H groups in total. The molecule has 0 saturated carbocycles. The molecular weight excluding hydrogens is 243 g/mol. The van der Waals surface area contributed by atoms with Crippen molar-refractivity contribution in [2.24, 2.45) is 5.84 Å². The standard InChI is InChI=1S/C12H10F3N3/c13-9-3-1-2-8(11(9)15)12(18-16)7-4-5-17-6-10(7)14/h1-6,12,18H,16H2. The fraction of sp³-hybridized carbons (Fsp3) is 0.0833. The van der Waals surface area contributed by atoms with Gasteiger partial charge in [0, 0.05) is 17.3 Å². The van der Waals surface area contributed by atoms with Crippen LogP contribution in [0.25, 0.3) is 0 Å². The largest absolute Gasteiger partial charge is 0.271 e. The van der Waals surface area contributed by atoms with Crippen molar-refractivity contribution in [3.8, 4) is 0 Å². The van der Waals surface area contributed by atoms with E-state index in [0.717, 1.165) is 12.3 Å². The number of aromatic nitrogens is 1. The Bertz CT molecular complexity index is 560. The molecule has 0 spiro atoms. The van der Waals surface area contributed by atoms with Crippen molar-refractivity contribution < 1.29 is 13.2 Å². The van der Waals surface area contributed by atoms with E-state index in [1.54, 1.807) is 0 Å². The molecule has 2 aromatic rings. The second-order valence-electron chi connectivity index (χ2n) is 3.64. The van der Waals surface area contributed by atoms with E-state index in [0.29, 0.717) is 0 Å². The number of hydrazine groups is 1. The van der Waals surface area contributed by atoms with Crippen LogP contribution in [0, 0.1) is 17.5 Å². The number of nitrogens with zero attached hydrogens (tertiary/aromatic N) is 1. The fourth-order valence-corrected chi connectivity index (χ4v) is 1.71. The molecule has 0 aliphatic heterocycles. The van der Waals surface area contributed by atoms with Gasteiger partial charge in [-0.1, -0.05) is 12.1 Å². The Morgan fingerprint density at radius 1 is 1.06 bits per heavy atom. The van der Waals surface area contributed by atoms with E-state index in [9.17, 15) is 13.2 Å². The summed E-state index contributed by atoms with van der Waals surface area (Å²) in [4.78, 5) is 3.58. The van der Waals surface area contributed by atoms with E-state index >= 15 is 0 Å². The van der Waals surface area contributed by atoms with Crippen molar-refractivity contribution in [1.29, 1.82) is 0 Å². The van der Waals surface area contributed by atoms with Gasteiger partial charge >= 0.3 is 0 Å². The molecule has 3 nitrogen and oxygen atoms in total. The van der Waals surface area contributed by atoms with Crippen molar-refractivity contribution >= 4 is 0 Å². The Morgan fingerprint density at radius 2 is 1.83 bits per heavy atom. The Morgan fingerprint density at radius 3 is 2.50 bits per heavy atom. The molecule has 0 fully saturated rings. The summed E-state index contributed by atoms with van der Waals surface area (Å²) in [7, 11) is 0. The van der Waals surface area contributed by atoms with Crippen LogP contribution in [-0.2, 0) is 0 Å². The third-order valence-electron chi connectivity index (χ3n) is 2.57. The van der Waals surface area contributed by atoms with E-state index < -0.39 is 23.5 Å². The predicted octanol–water partition coefficient (Wildman–Crippen LogP) is 2.05. The first kappa shape index (κ1) is 12.5. The molecule has 1 heterocycles. The summed E-state index contributed by atoms with van der Waals surface area (Å²) in [6, 6.07) is 4.02. The molecule has 2 rings (SSSR count). The second kappa shape index (κ2) is 5.16. The molecule has 0 radical (unpaired) electrons. The lowest BCUT2D eigenvalue weighted by Gasteiger charge is -2.18. The van der Waals surface area contributed by atoms with Gasteiger partial charge in [0.25, 0.3) is 0 Å². The predicted molar refractivity (Wildman–Crippen MR) is 59.7 cm³/mol. The number of hydrogen-bond acceptors (Lipinski definition) is 3. The van der Waals surface area contributed by atoms with Crippen LogP contribution >= 0.6 is 0 Å². The summed E-state index contributed by atoms with van der Waals surface area (Å²) in [5, 5.41) is 0. The summed E-state index contributed by atoms with van der Waals surface area (Å²) in [5.74, 6) is 2.58. The van der Waals surface area contributed by atoms with E-state index in [-0.39, 0.29) is 11.1 Å². The third kappa shape index (κ3) is 2.20. The van der Waals surface area contributed by atoms with Gasteiger partial charge in [-0.3, -0.25) is 10.8 Å². The smallest absolute Gasteiger partial charge is 0.163 e. The van der Waals surface area contributed by atoms with Crippen LogP contribution in [0.15, 0.2) is 36.7 Å². The van der Waals surface area contributed by atoms with Gasteiger partial charge in [0.1, 0.15) is 5.82 Å². The summed E-state index contributed by atoms with van der Waals surface area (Å²) >= 11 is 0. The van der Waals surface area contributed by atoms with Gasteiger partial charge in [-0.25, -0.2) is 18.6 Å². The van der Waals surface area contributed by atoms with Crippen LogP contribution in [0.5, 0.6) is 0 Å². The average Bonchev–Trinajstić information content (AvgIpc) is 2.37. The number of nitrogens with one attached hydrogen (secondary N) is 1. The van der Waals surface area contributed by atoms with Gasteiger partial charge in [0.15, 0.2) is 11.6 Å². The van der Waals surface area contributed by atoms with Crippen LogP contribution in [0.2, 0.25) is 0 Å². The molecule has 1 atom stereocenters. The highest BCUT2D eigenvalue weighted by atomic mass is 19.2. The Labute approximate surface area is 101 Å². The second-order valence-corrected chi connectivity index (χ2v) is 3.64. The van der Waals surface area contributed by atoms with Gasteiger partial charge in [-0.05, 0) is 12.1 Å². The summed E-state index contributed by atoms with van der Waals surface area (Å²) in [5.41, 5.74) is 2.30. The topological polar surface area (TPSA) is 50.9 Å². The maximum absolute atomic E-state index is 13.6. The molecule has 1 aromatic heterocycles. The molecule has 1 aromatic carbocycles. The first-order valence-corrected chi connectivity index (χ1v) is 5.14. The molecule has 6 heteroatoms. The molecule has 18 heavy (non-hydrogen) atoms. The maximum atomic E-state index is 13.6. The molecule has 94 valence electrons. The number of rotatable bonds is 3. The number of halogens is 3. The molecule has 0 saturated heterocycles. The highest BCUT2D eigenvalue weighted by Gasteiger charge is 2.21. The zero-order valence-corrected chi connectivity index (χ0v) is 9.20. The lowest BCUT2D eigenvalue weighted by molar-refractivity contribution is 0.477. The number of hydrogen-bond donors (Lipinski definition) is 2. The minimum Gasteiger partial charge on any atom is -0.271 e. The van der Waals surface area contributed by atoms with Crippen molar-refractivity contribution in [3.63, 3.8) is 0 Å².